The van der Waals surface area contributed by atoms with Crippen molar-refractivity contribution in [3.8, 4) is 11.4 Å². The lowest BCUT2D eigenvalue weighted by molar-refractivity contribution is 0.129. The van der Waals surface area contributed by atoms with Crippen molar-refractivity contribution in [2.45, 2.75) is 55.7 Å². The van der Waals surface area contributed by atoms with Crippen LogP contribution in [-0.4, -0.2) is 64.9 Å². The van der Waals surface area contributed by atoms with Crippen molar-refractivity contribution in [3.63, 3.8) is 0 Å². The van der Waals surface area contributed by atoms with Crippen LogP contribution in [0.3, 0.4) is 0 Å². The van der Waals surface area contributed by atoms with Crippen LogP contribution in [0.4, 0.5) is 0 Å². The SMILES string of the molecule is COc1cccc(-n2c(SC[C@@H]3CCCO3)nnc2C2CCN(CCCc3ccccc3)CC2)c1. The Balaban J connectivity index is 1.25. The molecule has 2 fully saturated rings. The van der Waals surface area contributed by atoms with Crippen LogP contribution in [-0.2, 0) is 11.2 Å². The monoisotopic (exact) mass is 492 g/mol. The number of rotatable bonds is 10. The van der Waals surface area contributed by atoms with Crippen molar-refractivity contribution in [1.29, 1.82) is 0 Å². The molecule has 3 heterocycles. The first-order valence-electron chi connectivity index (χ1n) is 12.9. The maximum atomic E-state index is 5.85. The van der Waals surface area contributed by atoms with Gasteiger partial charge in [-0.05, 0) is 75.9 Å². The molecular formula is C28H36N4O2S. The van der Waals surface area contributed by atoms with Gasteiger partial charge in [0.1, 0.15) is 11.6 Å². The van der Waals surface area contributed by atoms with Crippen molar-refractivity contribution >= 4 is 11.8 Å². The first kappa shape index (κ1) is 24.3. The smallest absolute Gasteiger partial charge is 0.195 e. The summed E-state index contributed by atoms with van der Waals surface area (Å²) in [6, 6.07) is 19.1. The standard InChI is InChI=1S/C28H36N4O2S/c1-33-25-12-5-11-24(20-25)32-27(29-30-28(32)35-21-26-13-7-19-34-26)23-14-17-31(18-15-23)16-6-10-22-8-3-2-4-9-22/h2-5,8-9,11-12,20,23,26H,6-7,10,13-19,21H2,1H3/t26-/m0/s1. The summed E-state index contributed by atoms with van der Waals surface area (Å²) in [6.45, 7) is 4.27. The Kier molecular flexibility index (Phi) is 8.39. The lowest BCUT2D eigenvalue weighted by Gasteiger charge is -2.31. The predicted molar refractivity (Wildman–Crippen MR) is 141 cm³/mol. The summed E-state index contributed by atoms with van der Waals surface area (Å²) < 4.78 is 13.6. The minimum absolute atomic E-state index is 0.318. The number of piperidine rings is 1. The molecule has 2 aliphatic rings. The van der Waals surface area contributed by atoms with Crippen LogP contribution < -0.4 is 4.74 Å². The summed E-state index contributed by atoms with van der Waals surface area (Å²) in [4.78, 5) is 2.61. The zero-order valence-corrected chi connectivity index (χ0v) is 21.5. The first-order valence-corrected chi connectivity index (χ1v) is 13.9. The summed E-state index contributed by atoms with van der Waals surface area (Å²) in [7, 11) is 1.72. The molecule has 1 aromatic heterocycles. The highest BCUT2D eigenvalue weighted by Crippen LogP contribution is 2.33. The van der Waals surface area contributed by atoms with E-state index in [9.17, 15) is 0 Å². The van der Waals surface area contributed by atoms with Crippen molar-refractivity contribution < 1.29 is 9.47 Å². The molecule has 186 valence electrons. The molecule has 0 N–H and O–H groups in total. The number of hydrogen-bond acceptors (Lipinski definition) is 6. The van der Waals surface area contributed by atoms with E-state index in [4.69, 9.17) is 14.6 Å². The van der Waals surface area contributed by atoms with Gasteiger partial charge in [0, 0.05) is 24.3 Å². The molecule has 0 saturated carbocycles. The molecule has 2 aromatic carbocycles. The van der Waals surface area contributed by atoms with Crippen LogP contribution in [0.15, 0.2) is 59.8 Å². The van der Waals surface area contributed by atoms with Gasteiger partial charge in [0.15, 0.2) is 5.16 Å². The normalized spacial score (nSPS) is 19.3. The molecule has 0 amide bonds. The van der Waals surface area contributed by atoms with Gasteiger partial charge < -0.3 is 14.4 Å². The molecule has 0 spiro atoms. The summed E-state index contributed by atoms with van der Waals surface area (Å²) in [5.41, 5.74) is 2.51. The minimum Gasteiger partial charge on any atom is -0.497 e. The molecule has 2 saturated heterocycles. The lowest BCUT2D eigenvalue weighted by Crippen LogP contribution is -2.34. The van der Waals surface area contributed by atoms with Gasteiger partial charge in [-0.3, -0.25) is 4.57 Å². The zero-order valence-electron chi connectivity index (χ0n) is 20.6. The van der Waals surface area contributed by atoms with Crippen LogP contribution >= 0.6 is 11.8 Å². The second kappa shape index (κ2) is 12.1. The quantitative estimate of drug-likeness (QED) is 0.355. The zero-order chi connectivity index (χ0) is 23.9. The maximum absolute atomic E-state index is 5.85. The highest BCUT2D eigenvalue weighted by atomic mass is 32.2. The maximum Gasteiger partial charge on any atom is 0.195 e. The number of ether oxygens (including phenoxy) is 2. The third-order valence-electron chi connectivity index (χ3n) is 7.13. The Labute approximate surface area is 213 Å². The first-order chi connectivity index (χ1) is 17.3. The largest absolute Gasteiger partial charge is 0.497 e. The van der Waals surface area contributed by atoms with Crippen LogP contribution in [0.5, 0.6) is 5.75 Å². The molecule has 35 heavy (non-hydrogen) atoms. The number of methoxy groups -OCH3 is 1. The number of hydrogen-bond donors (Lipinski definition) is 0. The van der Waals surface area contributed by atoms with Gasteiger partial charge in [-0.25, -0.2) is 0 Å². The Bertz CT molecular complexity index is 1060. The van der Waals surface area contributed by atoms with Gasteiger partial charge in [0.05, 0.1) is 18.9 Å². The number of aryl methyl sites for hydroxylation is 1. The molecule has 1 atom stereocenters. The summed E-state index contributed by atoms with van der Waals surface area (Å²) in [6.07, 6.45) is 7.19. The number of thioether (sulfide) groups is 1. The third kappa shape index (κ3) is 6.26. The van der Waals surface area contributed by atoms with E-state index in [2.05, 4.69) is 57.0 Å². The van der Waals surface area contributed by atoms with Crippen LogP contribution in [0.25, 0.3) is 5.69 Å². The van der Waals surface area contributed by atoms with E-state index < -0.39 is 0 Å². The van der Waals surface area contributed by atoms with Gasteiger partial charge in [0.2, 0.25) is 0 Å². The van der Waals surface area contributed by atoms with Crippen molar-refractivity contribution in [2.24, 2.45) is 0 Å². The van der Waals surface area contributed by atoms with Gasteiger partial charge in [0.25, 0.3) is 0 Å². The van der Waals surface area contributed by atoms with Crippen LogP contribution in [0.1, 0.15) is 49.4 Å². The van der Waals surface area contributed by atoms with E-state index in [1.165, 1.54) is 12.0 Å². The van der Waals surface area contributed by atoms with Gasteiger partial charge in [-0.15, -0.1) is 10.2 Å². The molecule has 5 rings (SSSR count). The molecule has 0 radical (unpaired) electrons. The van der Waals surface area contributed by atoms with E-state index in [-0.39, 0.29) is 0 Å². The molecule has 0 bridgehead atoms. The molecule has 7 heteroatoms. The van der Waals surface area contributed by atoms with E-state index in [1.54, 1.807) is 18.9 Å². The van der Waals surface area contributed by atoms with Crippen molar-refractivity contribution in [2.75, 3.05) is 39.1 Å². The van der Waals surface area contributed by atoms with Gasteiger partial charge in [-0.1, -0.05) is 48.2 Å². The molecule has 0 unspecified atom stereocenters. The summed E-state index contributed by atoms with van der Waals surface area (Å²) in [5.74, 6) is 3.26. The van der Waals surface area contributed by atoms with E-state index in [0.717, 1.165) is 86.5 Å². The van der Waals surface area contributed by atoms with Crippen LogP contribution in [0.2, 0.25) is 0 Å². The molecular weight excluding hydrogens is 456 g/mol. The van der Waals surface area contributed by atoms with Crippen molar-refractivity contribution in [1.82, 2.24) is 19.7 Å². The Hall–Kier alpha value is -2.35. The number of nitrogens with zero attached hydrogens (tertiary/aromatic N) is 4. The summed E-state index contributed by atoms with van der Waals surface area (Å²) >= 11 is 1.76. The summed E-state index contributed by atoms with van der Waals surface area (Å²) in [5, 5.41) is 10.3. The average molecular weight is 493 g/mol. The van der Waals surface area contributed by atoms with E-state index >= 15 is 0 Å². The number of likely N-dealkylation sites (tertiary alicyclic amines) is 1. The topological polar surface area (TPSA) is 52.4 Å². The lowest BCUT2D eigenvalue weighted by atomic mass is 9.95. The minimum atomic E-state index is 0.318. The second-order valence-corrected chi connectivity index (χ2v) is 10.5. The fourth-order valence-corrected chi connectivity index (χ4v) is 6.17. The van der Waals surface area contributed by atoms with Gasteiger partial charge in [-0.2, -0.15) is 0 Å². The van der Waals surface area contributed by atoms with E-state index in [1.807, 2.05) is 12.1 Å². The second-order valence-electron chi connectivity index (χ2n) is 9.53. The predicted octanol–water partition coefficient (Wildman–Crippen LogP) is 5.36. The number of aromatic nitrogens is 3. The fraction of sp³-hybridized carbons (Fsp3) is 0.500. The van der Waals surface area contributed by atoms with Crippen molar-refractivity contribution in [3.05, 3.63) is 66.0 Å². The Morgan fingerprint density at radius 1 is 1.03 bits per heavy atom. The molecule has 2 aliphatic heterocycles. The van der Waals surface area contributed by atoms with E-state index in [0.29, 0.717) is 12.0 Å². The highest BCUT2D eigenvalue weighted by molar-refractivity contribution is 7.99. The molecule has 3 aromatic rings. The molecule has 6 nitrogen and oxygen atoms in total. The molecule has 0 aliphatic carbocycles. The highest BCUT2D eigenvalue weighted by Gasteiger charge is 2.27. The average Bonchev–Trinajstić information content (AvgIpc) is 3.59. The Morgan fingerprint density at radius 3 is 2.66 bits per heavy atom. The van der Waals surface area contributed by atoms with Gasteiger partial charge >= 0.3 is 0 Å². The number of benzene rings is 2. The van der Waals surface area contributed by atoms with Crippen LogP contribution in [0, 0.1) is 0 Å². The Morgan fingerprint density at radius 2 is 1.89 bits per heavy atom. The third-order valence-corrected chi connectivity index (χ3v) is 8.19. The fourth-order valence-electron chi connectivity index (χ4n) is 5.14.